The Morgan fingerprint density at radius 3 is 2.84 bits per heavy atom. The summed E-state index contributed by atoms with van der Waals surface area (Å²) in [6.45, 7) is 0.0420. The first kappa shape index (κ1) is 13.8. The molecule has 1 heterocycles. The quantitative estimate of drug-likeness (QED) is 0.880. The van der Waals surface area contributed by atoms with Crippen LogP contribution in [-0.2, 0) is 11.3 Å². The molecule has 1 N–H and O–H groups in total. The van der Waals surface area contributed by atoms with Crippen LogP contribution in [0.3, 0.4) is 0 Å². The summed E-state index contributed by atoms with van der Waals surface area (Å²) in [5, 5.41) is 0. The second-order valence-electron chi connectivity index (χ2n) is 3.73. The van der Waals surface area contributed by atoms with Crippen molar-refractivity contribution in [2.75, 3.05) is 7.11 Å². The normalized spacial score (nSPS) is 10.7. The smallest absolute Gasteiger partial charge is 0.251 e. The lowest BCUT2D eigenvalue weighted by Gasteiger charge is -2.07. The first-order valence-corrected chi connectivity index (χ1v) is 6.05. The van der Waals surface area contributed by atoms with Gasteiger partial charge in [0.15, 0.2) is 0 Å². The van der Waals surface area contributed by atoms with Crippen molar-refractivity contribution < 1.29 is 13.5 Å². The molecule has 4 nitrogen and oxygen atoms in total. The van der Waals surface area contributed by atoms with E-state index in [9.17, 15) is 13.6 Å². The summed E-state index contributed by atoms with van der Waals surface area (Å²) < 4.78 is 32.6. The van der Waals surface area contributed by atoms with Gasteiger partial charge in [-0.2, -0.15) is 0 Å². The topological polar surface area (TPSA) is 55.0 Å². The average molecular weight is 331 g/mol. The summed E-state index contributed by atoms with van der Waals surface area (Å²) in [5.74, 6) is -1.40. The zero-order valence-electron chi connectivity index (χ0n) is 9.84. The Hall–Kier alpha value is -1.60. The third-order valence-electron chi connectivity index (χ3n) is 2.37. The van der Waals surface area contributed by atoms with Crippen molar-refractivity contribution in [1.82, 2.24) is 9.97 Å². The Morgan fingerprint density at radius 2 is 2.16 bits per heavy atom. The van der Waals surface area contributed by atoms with E-state index in [2.05, 4.69) is 25.9 Å². The molecule has 2 rings (SSSR count). The van der Waals surface area contributed by atoms with Crippen LogP contribution in [0.4, 0.5) is 8.78 Å². The van der Waals surface area contributed by atoms with Crippen LogP contribution in [0.1, 0.15) is 5.82 Å². The monoisotopic (exact) mass is 330 g/mol. The van der Waals surface area contributed by atoms with Crippen molar-refractivity contribution >= 4 is 15.9 Å². The van der Waals surface area contributed by atoms with E-state index in [4.69, 9.17) is 4.74 Å². The SMILES string of the molecule is COCc1nc(-c2c(F)ccc(Br)c2F)cc(=O)[nH]1. The van der Waals surface area contributed by atoms with E-state index in [1.54, 1.807) is 0 Å². The molecule has 0 aliphatic carbocycles. The largest absolute Gasteiger partial charge is 0.377 e. The van der Waals surface area contributed by atoms with Gasteiger partial charge in [0, 0.05) is 13.2 Å². The highest BCUT2D eigenvalue weighted by Crippen LogP contribution is 2.28. The van der Waals surface area contributed by atoms with Gasteiger partial charge in [-0.3, -0.25) is 4.79 Å². The van der Waals surface area contributed by atoms with Crippen LogP contribution in [0.2, 0.25) is 0 Å². The summed E-state index contributed by atoms with van der Waals surface area (Å²) in [6, 6.07) is 3.38. The zero-order valence-corrected chi connectivity index (χ0v) is 11.4. The first-order valence-electron chi connectivity index (χ1n) is 5.26. The van der Waals surface area contributed by atoms with E-state index in [0.29, 0.717) is 0 Å². The van der Waals surface area contributed by atoms with E-state index < -0.39 is 17.2 Å². The van der Waals surface area contributed by atoms with Crippen molar-refractivity contribution in [2.24, 2.45) is 0 Å². The molecule has 100 valence electrons. The maximum Gasteiger partial charge on any atom is 0.251 e. The molecule has 0 amide bonds. The highest BCUT2D eigenvalue weighted by Gasteiger charge is 2.16. The fraction of sp³-hybridized carbons (Fsp3) is 0.167. The van der Waals surface area contributed by atoms with E-state index in [-0.39, 0.29) is 28.2 Å². The van der Waals surface area contributed by atoms with Gasteiger partial charge in [0.05, 0.1) is 15.7 Å². The van der Waals surface area contributed by atoms with Gasteiger partial charge in [-0.05, 0) is 28.1 Å². The van der Waals surface area contributed by atoms with Crippen LogP contribution in [0.5, 0.6) is 0 Å². The van der Waals surface area contributed by atoms with Gasteiger partial charge in [-0.25, -0.2) is 13.8 Å². The minimum absolute atomic E-state index is 0.0420. The minimum atomic E-state index is -0.804. The number of hydrogen-bond acceptors (Lipinski definition) is 3. The molecule has 0 aliphatic heterocycles. The summed E-state index contributed by atoms with van der Waals surface area (Å²) in [6.07, 6.45) is 0. The van der Waals surface area contributed by atoms with Crippen LogP contribution in [-0.4, -0.2) is 17.1 Å². The lowest BCUT2D eigenvalue weighted by atomic mass is 10.1. The summed E-state index contributed by atoms with van der Waals surface area (Å²) >= 11 is 2.97. The summed E-state index contributed by atoms with van der Waals surface area (Å²) in [5.41, 5.74) is -0.930. The van der Waals surface area contributed by atoms with E-state index in [1.165, 1.54) is 13.2 Å². The number of aromatic nitrogens is 2. The number of H-pyrrole nitrogens is 1. The third-order valence-corrected chi connectivity index (χ3v) is 2.98. The number of rotatable bonds is 3. The second kappa shape index (κ2) is 5.58. The van der Waals surface area contributed by atoms with Gasteiger partial charge in [-0.1, -0.05) is 0 Å². The van der Waals surface area contributed by atoms with Crippen LogP contribution in [0.15, 0.2) is 27.5 Å². The molecule has 1 aromatic heterocycles. The Kier molecular flexibility index (Phi) is 4.06. The number of nitrogens with one attached hydrogen (secondary N) is 1. The van der Waals surface area contributed by atoms with Gasteiger partial charge < -0.3 is 9.72 Å². The molecule has 0 spiro atoms. The number of ether oxygens (including phenoxy) is 1. The Bertz CT molecular complexity index is 673. The predicted molar refractivity (Wildman–Crippen MR) is 68.6 cm³/mol. The molecule has 19 heavy (non-hydrogen) atoms. The molecule has 0 radical (unpaired) electrons. The number of halogens is 3. The number of benzene rings is 1. The molecular formula is C12H9BrF2N2O2. The number of hydrogen-bond donors (Lipinski definition) is 1. The lowest BCUT2D eigenvalue weighted by molar-refractivity contribution is 0.177. The van der Waals surface area contributed by atoms with Gasteiger partial charge >= 0.3 is 0 Å². The van der Waals surface area contributed by atoms with E-state index in [1.807, 2.05) is 0 Å². The second-order valence-corrected chi connectivity index (χ2v) is 4.58. The van der Waals surface area contributed by atoms with Gasteiger partial charge in [0.25, 0.3) is 5.56 Å². The molecule has 2 aromatic rings. The molecule has 1 aromatic carbocycles. The van der Waals surface area contributed by atoms with Crippen LogP contribution in [0, 0.1) is 11.6 Å². The first-order chi connectivity index (χ1) is 9.02. The predicted octanol–water partition coefficient (Wildman–Crippen LogP) is 2.62. The molecule has 0 aliphatic rings. The summed E-state index contributed by atoms with van der Waals surface area (Å²) in [7, 11) is 1.42. The zero-order chi connectivity index (χ0) is 14.0. The fourth-order valence-corrected chi connectivity index (χ4v) is 1.93. The maximum absolute atomic E-state index is 13.9. The Labute approximate surface area is 115 Å². The third kappa shape index (κ3) is 2.87. The number of nitrogens with zero attached hydrogens (tertiary/aromatic N) is 1. The lowest BCUT2D eigenvalue weighted by Crippen LogP contribution is -2.12. The summed E-state index contributed by atoms with van der Waals surface area (Å²) in [4.78, 5) is 17.9. The molecule has 0 saturated carbocycles. The van der Waals surface area contributed by atoms with Crippen molar-refractivity contribution in [3.8, 4) is 11.3 Å². The van der Waals surface area contributed by atoms with Crippen molar-refractivity contribution in [1.29, 1.82) is 0 Å². The van der Waals surface area contributed by atoms with Crippen molar-refractivity contribution in [3.63, 3.8) is 0 Å². The molecule has 0 fully saturated rings. The van der Waals surface area contributed by atoms with Crippen LogP contribution >= 0.6 is 15.9 Å². The molecule has 0 saturated heterocycles. The highest BCUT2D eigenvalue weighted by atomic mass is 79.9. The number of aromatic amines is 1. The Balaban J connectivity index is 2.65. The molecule has 7 heteroatoms. The van der Waals surface area contributed by atoms with E-state index >= 15 is 0 Å². The van der Waals surface area contributed by atoms with E-state index in [0.717, 1.165) is 12.1 Å². The van der Waals surface area contributed by atoms with Crippen LogP contribution < -0.4 is 5.56 Å². The van der Waals surface area contributed by atoms with Crippen LogP contribution in [0.25, 0.3) is 11.3 Å². The molecule has 0 atom stereocenters. The number of methoxy groups -OCH3 is 1. The molecular weight excluding hydrogens is 322 g/mol. The van der Waals surface area contributed by atoms with Crippen molar-refractivity contribution in [2.45, 2.75) is 6.61 Å². The van der Waals surface area contributed by atoms with Crippen molar-refractivity contribution in [3.05, 3.63) is 50.5 Å². The molecule has 0 bridgehead atoms. The fourth-order valence-electron chi connectivity index (χ4n) is 1.60. The minimum Gasteiger partial charge on any atom is -0.377 e. The average Bonchev–Trinajstić information content (AvgIpc) is 2.34. The van der Waals surface area contributed by atoms with Gasteiger partial charge in [0.1, 0.15) is 24.1 Å². The maximum atomic E-state index is 13.9. The highest BCUT2D eigenvalue weighted by molar-refractivity contribution is 9.10. The standard InChI is InChI=1S/C12H9BrF2N2O2/c1-19-5-9-16-8(4-10(18)17-9)11-7(14)3-2-6(13)12(11)15/h2-4H,5H2,1H3,(H,16,17,18). The Morgan fingerprint density at radius 1 is 1.42 bits per heavy atom. The van der Waals surface area contributed by atoms with Gasteiger partial charge in [0.2, 0.25) is 0 Å². The van der Waals surface area contributed by atoms with Gasteiger partial charge in [-0.15, -0.1) is 0 Å². The molecule has 0 unspecified atom stereocenters.